The van der Waals surface area contributed by atoms with Gasteiger partial charge >= 0.3 is 0 Å². The van der Waals surface area contributed by atoms with Gasteiger partial charge in [0.15, 0.2) is 0 Å². The number of hydrogen-bond donors (Lipinski definition) is 1. The predicted molar refractivity (Wildman–Crippen MR) is 75.5 cm³/mol. The second-order valence-electron chi connectivity index (χ2n) is 5.17. The summed E-state index contributed by atoms with van der Waals surface area (Å²) in [5.41, 5.74) is 1.19. The van der Waals surface area contributed by atoms with Crippen molar-refractivity contribution >= 4 is 0 Å². The van der Waals surface area contributed by atoms with Crippen LogP contribution in [0.25, 0.3) is 0 Å². The molecule has 0 radical (unpaired) electrons. The third-order valence-electron chi connectivity index (χ3n) is 3.98. The van der Waals surface area contributed by atoms with Crippen LogP contribution < -0.4 is 5.32 Å². The van der Waals surface area contributed by atoms with E-state index in [-0.39, 0.29) is 0 Å². The number of aromatic nitrogens is 1. The highest BCUT2D eigenvalue weighted by atomic mass is 15.2. The van der Waals surface area contributed by atoms with Crippen LogP contribution in [0, 0.1) is 0 Å². The SMILES string of the molecule is CCC1CCN(C(C)c2ccccn2)CCCN1. The van der Waals surface area contributed by atoms with E-state index in [1.165, 1.54) is 38.0 Å². The van der Waals surface area contributed by atoms with Crippen molar-refractivity contribution in [1.82, 2.24) is 15.2 Å². The van der Waals surface area contributed by atoms with Gasteiger partial charge in [0, 0.05) is 31.4 Å². The molecule has 2 atom stereocenters. The van der Waals surface area contributed by atoms with Crippen molar-refractivity contribution in [3.05, 3.63) is 30.1 Å². The Morgan fingerprint density at radius 3 is 3.06 bits per heavy atom. The molecule has 0 bridgehead atoms. The van der Waals surface area contributed by atoms with Gasteiger partial charge in [-0.3, -0.25) is 9.88 Å². The van der Waals surface area contributed by atoms with Gasteiger partial charge in [0.2, 0.25) is 0 Å². The Hall–Kier alpha value is -0.930. The average Bonchev–Trinajstić information content (AvgIpc) is 2.39. The zero-order valence-corrected chi connectivity index (χ0v) is 11.6. The zero-order valence-electron chi connectivity index (χ0n) is 11.6. The van der Waals surface area contributed by atoms with Crippen molar-refractivity contribution in [2.45, 2.75) is 45.2 Å². The molecule has 1 aliphatic rings. The fourth-order valence-corrected chi connectivity index (χ4v) is 2.67. The molecule has 18 heavy (non-hydrogen) atoms. The summed E-state index contributed by atoms with van der Waals surface area (Å²) < 4.78 is 0. The first kappa shape index (κ1) is 13.5. The summed E-state index contributed by atoms with van der Waals surface area (Å²) in [5.74, 6) is 0. The lowest BCUT2D eigenvalue weighted by molar-refractivity contribution is 0.178. The Morgan fingerprint density at radius 2 is 2.33 bits per heavy atom. The Balaban J connectivity index is 1.98. The van der Waals surface area contributed by atoms with Gasteiger partial charge in [-0.15, -0.1) is 0 Å². The molecule has 0 spiro atoms. The van der Waals surface area contributed by atoms with E-state index in [1.807, 2.05) is 12.3 Å². The van der Waals surface area contributed by atoms with E-state index in [2.05, 4.69) is 41.2 Å². The first-order chi connectivity index (χ1) is 8.81. The summed E-state index contributed by atoms with van der Waals surface area (Å²) in [4.78, 5) is 7.07. The average molecular weight is 247 g/mol. The molecule has 2 heterocycles. The lowest BCUT2D eigenvalue weighted by Crippen LogP contribution is -2.40. The predicted octanol–water partition coefficient (Wildman–Crippen LogP) is 2.61. The molecule has 1 aromatic heterocycles. The van der Waals surface area contributed by atoms with Crippen LogP contribution in [0.2, 0.25) is 0 Å². The molecule has 3 heteroatoms. The lowest BCUT2D eigenvalue weighted by atomic mass is 10.1. The molecule has 1 saturated heterocycles. The fraction of sp³-hybridized carbons (Fsp3) is 0.667. The minimum Gasteiger partial charge on any atom is -0.314 e. The molecular formula is C15H25N3. The first-order valence-electron chi connectivity index (χ1n) is 7.19. The number of nitrogens with zero attached hydrogens (tertiary/aromatic N) is 2. The van der Waals surface area contributed by atoms with Crippen molar-refractivity contribution in [2.75, 3.05) is 19.6 Å². The number of hydrogen-bond acceptors (Lipinski definition) is 3. The Kier molecular flexibility index (Phi) is 5.14. The molecule has 100 valence electrons. The summed E-state index contributed by atoms with van der Waals surface area (Å²) in [6.07, 6.45) is 5.60. The maximum absolute atomic E-state index is 4.49. The molecule has 1 fully saturated rings. The monoisotopic (exact) mass is 247 g/mol. The molecule has 1 aromatic rings. The van der Waals surface area contributed by atoms with Gasteiger partial charge in [0.25, 0.3) is 0 Å². The highest BCUT2D eigenvalue weighted by Crippen LogP contribution is 2.19. The molecule has 2 unspecified atom stereocenters. The van der Waals surface area contributed by atoms with E-state index >= 15 is 0 Å². The van der Waals surface area contributed by atoms with Crippen LogP contribution in [0.3, 0.4) is 0 Å². The van der Waals surface area contributed by atoms with Crippen LogP contribution in [-0.2, 0) is 0 Å². The second kappa shape index (κ2) is 6.86. The van der Waals surface area contributed by atoms with E-state index in [4.69, 9.17) is 0 Å². The van der Waals surface area contributed by atoms with Crippen molar-refractivity contribution in [2.24, 2.45) is 0 Å². The van der Waals surface area contributed by atoms with E-state index in [9.17, 15) is 0 Å². The van der Waals surface area contributed by atoms with Crippen LogP contribution in [0.4, 0.5) is 0 Å². The van der Waals surface area contributed by atoms with Crippen molar-refractivity contribution < 1.29 is 0 Å². The quantitative estimate of drug-likeness (QED) is 0.890. The summed E-state index contributed by atoms with van der Waals surface area (Å²) >= 11 is 0. The highest BCUT2D eigenvalue weighted by Gasteiger charge is 2.19. The fourth-order valence-electron chi connectivity index (χ4n) is 2.67. The summed E-state index contributed by atoms with van der Waals surface area (Å²) in [5, 5.41) is 3.63. The van der Waals surface area contributed by atoms with Crippen molar-refractivity contribution in [3.63, 3.8) is 0 Å². The van der Waals surface area contributed by atoms with Gasteiger partial charge < -0.3 is 5.32 Å². The molecule has 0 aliphatic carbocycles. The van der Waals surface area contributed by atoms with Gasteiger partial charge in [0.05, 0.1) is 5.69 Å². The number of pyridine rings is 1. The maximum Gasteiger partial charge on any atom is 0.0572 e. The smallest absolute Gasteiger partial charge is 0.0572 e. The molecule has 0 amide bonds. The number of nitrogens with one attached hydrogen (secondary N) is 1. The standard InChI is InChI=1S/C15H25N3/c1-3-14-8-12-18(11-6-10-16-14)13(2)15-7-4-5-9-17-15/h4-5,7,9,13-14,16H,3,6,8,10-12H2,1-2H3. The highest BCUT2D eigenvalue weighted by molar-refractivity contribution is 5.08. The molecule has 0 saturated carbocycles. The second-order valence-corrected chi connectivity index (χ2v) is 5.17. The maximum atomic E-state index is 4.49. The first-order valence-corrected chi connectivity index (χ1v) is 7.19. The van der Waals surface area contributed by atoms with Gasteiger partial charge in [-0.2, -0.15) is 0 Å². The minimum atomic E-state index is 0.432. The van der Waals surface area contributed by atoms with Crippen molar-refractivity contribution in [3.8, 4) is 0 Å². The third kappa shape index (κ3) is 3.53. The normalized spacial score (nSPS) is 24.2. The summed E-state index contributed by atoms with van der Waals surface area (Å²) in [6.45, 7) is 8.03. The topological polar surface area (TPSA) is 28.2 Å². The Bertz CT molecular complexity index is 339. The van der Waals surface area contributed by atoms with E-state index < -0.39 is 0 Å². The van der Waals surface area contributed by atoms with Crippen LogP contribution in [0.5, 0.6) is 0 Å². The minimum absolute atomic E-state index is 0.432. The van der Waals surface area contributed by atoms with Crippen LogP contribution in [0.15, 0.2) is 24.4 Å². The summed E-state index contributed by atoms with van der Waals surface area (Å²) in [7, 11) is 0. The Labute approximate surface area is 111 Å². The van der Waals surface area contributed by atoms with E-state index in [1.54, 1.807) is 0 Å². The van der Waals surface area contributed by atoms with Crippen LogP contribution in [-0.4, -0.2) is 35.6 Å². The Morgan fingerprint density at radius 1 is 1.44 bits per heavy atom. The summed E-state index contributed by atoms with van der Waals surface area (Å²) in [6, 6.07) is 7.32. The van der Waals surface area contributed by atoms with Gasteiger partial charge in [-0.05, 0) is 44.9 Å². The van der Waals surface area contributed by atoms with E-state index in [0.29, 0.717) is 12.1 Å². The molecule has 1 N–H and O–H groups in total. The lowest BCUT2D eigenvalue weighted by Gasteiger charge is -2.32. The molecule has 0 aromatic carbocycles. The molecule has 3 nitrogen and oxygen atoms in total. The van der Waals surface area contributed by atoms with Gasteiger partial charge in [-0.25, -0.2) is 0 Å². The van der Waals surface area contributed by atoms with Gasteiger partial charge in [-0.1, -0.05) is 13.0 Å². The molecular weight excluding hydrogens is 222 g/mol. The van der Waals surface area contributed by atoms with Crippen molar-refractivity contribution in [1.29, 1.82) is 0 Å². The zero-order chi connectivity index (χ0) is 12.8. The molecule has 2 rings (SSSR count). The van der Waals surface area contributed by atoms with Crippen LogP contribution in [0.1, 0.15) is 44.8 Å². The number of rotatable bonds is 3. The van der Waals surface area contributed by atoms with E-state index in [0.717, 1.165) is 6.54 Å². The van der Waals surface area contributed by atoms with Crippen LogP contribution >= 0.6 is 0 Å². The molecule has 1 aliphatic heterocycles. The third-order valence-corrected chi connectivity index (χ3v) is 3.98. The largest absolute Gasteiger partial charge is 0.314 e. The van der Waals surface area contributed by atoms with Gasteiger partial charge in [0.1, 0.15) is 0 Å².